The Labute approximate surface area is 199 Å². The van der Waals surface area contributed by atoms with Crippen molar-refractivity contribution in [1.29, 1.82) is 0 Å². The second-order valence-corrected chi connectivity index (χ2v) is 8.62. The molecule has 14 heteroatoms. The highest BCUT2D eigenvalue weighted by molar-refractivity contribution is 7.13. The summed E-state index contributed by atoms with van der Waals surface area (Å²) in [5.41, 5.74) is -0.191. The monoisotopic (exact) mass is 509 g/mol. The maximum Gasteiger partial charge on any atom is 0.417 e. The fraction of sp³-hybridized carbons (Fsp3) is 0.200. The second-order valence-electron chi connectivity index (χ2n) is 7.15. The molecular formula is C20H15ClF3N7O2S. The minimum absolute atomic E-state index is 0.0684. The Morgan fingerprint density at radius 1 is 1.15 bits per heavy atom. The number of halogens is 4. The maximum absolute atomic E-state index is 13.0. The highest BCUT2D eigenvalue weighted by atomic mass is 35.5. The minimum atomic E-state index is -4.66. The van der Waals surface area contributed by atoms with Gasteiger partial charge in [0.15, 0.2) is 11.3 Å². The normalized spacial score (nSPS) is 12.5. The van der Waals surface area contributed by atoms with Crippen LogP contribution in [0.4, 0.5) is 18.9 Å². The summed E-state index contributed by atoms with van der Waals surface area (Å²) in [4.78, 5) is 41.8. The van der Waals surface area contributed by atoms with Crippen molar-refractivity contribution in [3.63, 3.8) is 0 Å². The molecule has 34 heavy (non-hydrogen) atoms. The first kappa shape index (κ1) is 23.6. The number of hydrogen-bond donors (Lipinski definition) is 2. The van der Waals surface area contributed by atoms with E-state index in [1.165, 1.54) is 24.9 Å². The summed E-state index contributed by atoms with van der Waals surface area (Å²) in [6.45, 7) is 1.67. The summed E-state index contributed by atoms with van der Waals surface area (Å²) in [5.74, 6) is -1.15. The Morgan fingerprint density at radius 2 is 1.91 bits per heavy atom. The molecule has 0 bridgehead atoms. The summed E-state index contributed by atoms with van der Waals surface area (Å²) < 4.78 is 40.8. The van der Waals surface area contributed by atoms with Crippen molar-refractivity contribution in [2.45, 2.75) is 19.1 Å². The molecule has 3 heterocycles. The molecule has 0 saturated heterocycles. The number of rotatable bonds is 5. The smallest absolute Gasteiger partial charge is 0.342 e. The summed E-state index contributed by atoms with van der Waals surface area (Å²) in [5, 5.41) is 5.08. The lowest BCUT2D eigenvalue weighted by Gasteiger charge is -2.11. The minimum Gasteiger partial charge on any atom is -0.342 e. The van der Waals surface area contributed by atoms with E-state index in [4.69, 9.17) is 11.6 Å². The van der Waals surface area contributed by atoms with Crippen LogP contribution in [0.2, 0.25) is 5.02 Å². The molecule has 9 nitrogen and oxygen atoms in total. The molecule has 1 atom stereocenters. The van der Waals surface area contributed by atoms with Gasteiger partial charge in [-0.1, -0.05) is 11.6 Å². The Morgan fingerprint density at radius 3 is 2.65 bits per heavy atom. The Kier molecular flexibility index (Phi) is 6.23. The predicted molar refractivity (Wildman–Crippen MR) is 119 cm³/mol. The molecule has 3 aromatic heterocycles. The van der Waals surface area contributed by atoms with Gasteiger partial charge < -0.3 is 15.2 Å². The molecule has 0 aliphatic heterocycles. The van der Waals surface area contributed by atoms with E-state index >= 15 is 0 Å². The highest BCUT2D eigenvalue weighted by Gasteiger charge is 2.33. The lowest BCUT2D eigenvalue weighted by molar-refractivity contribution is -0.137. The van der Waals surface area contributed by atoms with E-state index < -0.39 is 34.6 Å². The van der Waals surface area contributed by atoms with Crippen LogP contribution in [0, 0.1) is 0 Å². The molecule has 0 spiro atoms. The van der Waals surface area contributed by atoms with Crippen molar-refractivity contribution < 1.29 is 22.8 Å². The van der Waals surface area contributed by atoms with Crippen LogP contribution in [-0.2, 0) is 13.2 Å². The third-order valence-electron chi connectivity index (χ3n) is 4.71. The average Bonchev–Trinajstić information content (AvgIpc) is 3.42. The lowest BCUT2D eigenvalue weighted by atomic mass is 10.2. The number of fused-ring (bicyclic) bond motifs is 1. The van der Waals surface area contributed by atoms with Gasteiger partial charge in [-0.25, -0.2) is 19.9 Å². The number of alkyl halides is 3. The first-order chi connectivity index (χ1) is 16.0. The van der Waals surface area contributed by atoms with Crippen LogP contribution in [0.15, 0.2) is 37.1 Å². The Bertz CT molecular complexity index is 1400. The zero-order valence-electron chi connectivity index (χ0n) is 17.5. The van der Waals surface area contributed by atoms with Gasteiger partial charge in [0.2, 0.25) is 0 Å². The van der Waals surface area contributed by atoms with Crippen LogP contribution in [0.3, 0.4) is 0 Å². The fourth-order valence-corrected chi connectivity index (χ4v) is 4.08. The number of imidazole rings is 1. The Hall–Kier alpha value is -3.58. The summed E-state index contributed by atoms with van der Waals surface area (Å²) >= 11 is 6.59. The molecule has 2 N–H and O–H groups in total. The average molecular weight is 510 g/mol. The van der Waals surface area contributed by atoms with Crippen LogP contribution < -0.4 is 10.6 Å². The molecule has 176 valence electrons. The molecule has 4 rings (SSSR count). The molecule has 0 aliphatic carbocycles. The van der Waals surface area contributed by atoms with Crippen LogP contribution in [0.5, 0.6) is 0 Å². The van der Waals surface area contributed by atoms with Crippen LogP contribution in [-0.4, -0.2) is 36.3 Å². The van der Waals surface area contributed by atoms with Gasteiger partial charge in [0.05, 0.1) is 29.2 Å². The molecule has 0 fully saturated rings. The first-order valence-electron chi connectivity index (χ1n) is 9.61. The number of hydrogen-bond acceptors (Lipinski definition) is 7. The summed E-state index contributed by atoms with van der Waals surface area (Å²) in [6, 6.07) is 2.49. The predicted octanol–water partition coefficient (Wildman–Crippen LogP) is 4.24. The molecule has 4 aromatic rings. The maximum atomic E-state index is 13.0. The van der Waals surface area contributed by atoms with E-state index in [9.17, 15) is 22.8 Å². The van der Waals surface area contributed by atoms with Gasteiger partial charge in [0, 0.05) is 12.7 Å². The number of anilines is 1. The van der Waals surface area contributed by atoms with Crippen molar-refractivity contribution in [2.75, 3.05) is 5.32 Å². The molecule has 0 unspecified atom stereocenters. The molecular weight excluding hydrogens is 495 g/mol. The van der Waals surface area contributed by atoms with E-state index in [1.54, 1.807) is 18.5 Å². The lowest BCUT2D eigenvalue weighted by Crippen LogP contribution is -2.27. The van der Waals surface area contributed by atoms with Gasteiger partial charge in [-0.2, -0.15) is 13.2 Å². The van der Waals surface area contributed by atoms with E-state index in [2.05, 4.69) is 30.6 Å². The summed E-state index contributed by atoms with van der Waals surface area (Å²) in [6.07, 6.45) is -0.603. The number of nitrogens with one attached hydrogen (secondary N) is 2. The van der Waals surface area contributed by atoms with E-state index in [-0.39, 0.29) is 16.3 Å². The van der Waals surface area contributed by atoms with Crippen molar-refractivity contribution in [3.05, 3.63) is 63.2 Å². The number of nitrogens with zero attached hydrogens (tertiary/aromatic N) is 5. The van der Waals surface area contributed by atoms with Crippen LogP contribution in [0.25, 0.3) is 11.2 Å². The van der Waals surface area contributed by atoms with Gasteiger partial charge in [-0.3, -0.25) is 9.59 Å². The number of aromatic nitrogens is 5. The fourth-order valence-electron chi connectivity index (χ4n) is 3.04. The van der Waals surface area contributed by atoms with Gasteiger partial charge in [0.25, 0.3) is 11.8 Å². The highest BCUT2D eigenvalue weighted by Crippen LogP contribution is 2.36. The molecule has 1 aromatic carbocycles. The quantitative estimate of drug-likeness (QED) is 0.416. The molecule has 2 amide bonds. The molecule has 0 saturated carbocycles. The standard InChI is InChI=1S/C20H15ClF3N7O2S/c1-9(29-18(33)15-14-16(27-7-26-15)31(2)8-28-14)19-25-6-13(34-19)17(32)30-10-3-4-12(21)11(5-10)20(22,23)24/h3-9H,1-2H3,(H,29,33)(H,30,32)/t9-/m1/s1. The third kappa shape index (κ3) is 4.70. The van der Waals surface area contributed by atoms with Crippen LogP contribution in [0.1, 0.15) is 43.7 Å². The zero-order chi connectivity index (χ0) is 24.6. The SMILES string of the molecule is C[C@@H](NC(=O)c1ncnc2c1ncn2C)c1ncc(C(=O)Nc2ccc(Cl)c(C(F)(F)F)c2)s1. The van der Waals surface area contributed by atoms with Crippen LogP contribution >= 0.6 is 22.9 Å². The second kappa shape index (κ2) is 8.99. The number of carbonyl (C=O) groups excluding carboxylic acids is 2. The number of aryl methyl sites for hydroxylation is 1. The first-order valence-corrected chi connectivity index (χ1v) is 10.8. The Balaban J connectivity index is 1.46. The number of carbonyl (C=O) groups is 2. The van der Waals surface area contributed by atoms with Gasteiger partial charge >= 0.3 is 6.18 Å². The number of amides is 2. The topological polar surface area (TPSA) is 115 Å². The van der Waals surface area contributed by atoms with Crippen molar-refractivity contribution in [1.82, 2.24) is 29.8 Å². The van der Waals surface area contributed by atoms with Crippen molar-refractivity contribution in [2.24, 2.45) is 7.05 Å². The number of thiazole rings is 1. The molecule has 0 aliphatic rings. The van der Waals surface area contributed by atoms with Gasteiger partial charge in [0.1, 0.15) is 21.7 Å². The summed E-state index contributed by atoms with van der Waals surface area (Å²) in [7, 11) is 1.74. The largest absolute Gasteiger partial charge is 0.417 e. The van der Waals surface area contributed by atoms with E-state index in [0.29, 0.717) is 16.2 Å². The van der Waals surface area contributed by atoms with Gasteiger partial charge in [-0.15, -0.1) is 11.3 Å². The molecule has 0 radical (unpaired) electrons. The number of benzene rings is 1. The van der Waals surface area contributed by atoms with E-state index in [1.807, 2.05) is 0 Å². The van der Waals surface area contributed by atoms with Crippen molar-refractivity contribution >= 4 is 51.6 Å². The third-order valence-corrected chi connectivity index (χ3v) is 6.22. The van der Waals surface area contributed by atoms with Gasteiger partial charge in [-0.05, 0) is 25.1 Å². The van der Waals surface area contributed by atoms with E-state index in [0.717, 1.165) is 23.5 Å². The van der Waals surface area contributed by atoms with Crippen molar-refractivity contribution in [3.8, 4) is 0 Å². The zero-order valence-corrected chi connectivity index (χ0v) is 19.1.